The average Bonchev–Trinajstić information content (AvgIpc) is 2.21. The predicted octanol–water partition coefficient (Wildman–Crippen LogP) is 3.08. The first kappa shape index (κ1) is 12.7. The minimum Gasteiger partial charge on any atom is -0.462 e. The number of ether oxygens (including phenoxy) is 1. The molecule has 0 heterocycles. The SMILES string of the molecule is CCOC(=O)c1ccc([N+](=O)[O-])c(Cl)c1Cl. The van der Waals surface area contributed by atoms with Crippen molar-refractivity contribution in [3.63, 3.8) is 0 Å². The molecule has 0 saturated heterocycles. The third kappa shape index (κ3) is 2.43. The minimum atomic E-state index is -0.677. The molecule has 1 rings (SSSR count). The van der Waals surface area contributed by atoms with E-state index in [1.54, 1.807) is 6.92 Å². The Morgan fingerprint density at radius 2 is 2.06 bits per heavy atom. The molecule has 86 valence electrons. The Kier molecular flexibility index (Phi) is 4.09. The first-order chi connectivity index (χ1) is 7.49. The summed E-state index contributed by atoms with van der Waals surface area (Å²) in [5.74, 6) is -0.663. The average molecular weight is 264 g/mol. The molecule has 0 fully saturated rings. The monoisotopic (exact) mass is 263 g/mol. The number of hydrogen-bond donors (Lipinski definition) is 0. The third-order valence-electron chi connectivity index (χ3n) is 1.75. The second-order valence-corrected chi connectivity index (χ2v) is 3.49. The highest BCUT2D eigenvalue weighted by Crippen LogP contribution is 2.34. The van der Waals surface area contributed by atoms with E-state index in [4.69, 9.17) is 27.9 Å². The number of carbonyl (C=O) groups is 1. The van der Waals surface area contributed by atoms with Crippen molar-refractivity contribution >= 4 is 34.9 Å². The fraction of sp³-hybridized carbons (Fsp3) is 0.222. The molecule has 0 N–H and O–H groups in total. The summed E-state index contributed by atoms with van der Waals surface area (Å²) in [5, 5.41) is 10.1. The standard InChI is InChI=1S/C9H7Cl2NO4/c1-2-16-9(13)5-3-4-6(12(14)15)8(11)7(5)10/h3-4H,2H2,1H3. The zero-order valence-electron chi connectivity index (χ0n) is 8.20. The van der Waals surface area contributed by atoms with Gasteiger partial charge in [0.15, 0.2) is 0 Å². The number of nitrogens with zero attached hydrogens (tertiary/aromatic N) is 1. The molecule has 0 aliphatic carbocycles. The fourth-order valence-corrected chi connectivity index (χ4v) is 1.52. The minimum absolute atomic E-state index is 0.0131. The Bertz CT molecular complexity index is 447. The molecule has 1 aromatic rings. The van der Waals surface area contributed by atoms with E-state index in [0.29, 0.717) is 0 Å². The van der Waals surface area contributed by atoms with Gasteiger partial charge in [-0.1, -0.05) is 23.2 Å². The van der Waals surface area contributed by atoms with Crippen molar-refractivity contribution in [1.29, 1.82) is 0 Å². The van der Waals surface area contributed by atoms with Crippen LogP contribution in [0.2, 0.25) is 10.0 Å². The number of hydrogen-bond acceptors (Lipinski definition) is 4. The van der Waals surface area contributed by atoms with Crippen LogP contribution < -0.4 is 0 Å². The summed E-state index contributed by atoms with van der Waals surface area (Å²) in [7, 11) is 0. The van der Waals surface area contributed by atoms with E-state index in [2.05, 4.69) is 0 Å². The van der Waals surface area contributed by atoms with Gasteiger partial charge in [-0.25, -0.2) is 4.79 Å². The first-order valence-corrected chi connectivity index (χ1v) is 5.04. The molecule has 0 unspecified atom stereocenters. The number of benzene rings is 1. The van der Waals surface area contributed by atoms with Gasteiger partial charge in [0, 0.05) is 6.07 Å². The van der Waals surface area contributed by atoms with Gasteiger partial charge in [0.25, 0.3) is 5.69 Å². The topological polar surface area (TPSA) is 69.4 Å². The van der Waals surface area contributed by atoms with Crippen LogP contribution >= 0.6 is 23.2 Å². The summed E-state index contributed by atoms with van der Waals surface area (Å²) >= 11 is 11.4. The Morgan fingerprint density at radius 3 is 2.56 bits per heavy atom. The molecule has 0 bridgehead atoms. The smallest absolute Gasteiger partial charge is 0.339 e. The van der Waals surface area contributed by atoms with Gasteiger partial charge in [-0.2, -0.15) is 0 Å². The summed E-state index contributed by atoms with van der Waals surface area (Å²) in [6, 6.07) is 2.32. The van der Waals surface area contributed by atoms with Gasteiger partial charge < -0.3 is 4.74 Å². The van der Waals surface area contributed by atoms with Gasteiger partial charge in [0.2, 0.25) is 0 Å². The van der Waals surface area contributed by atoms with Crippen molar-refractivity contribution in [3.8, 4) is 0 Å². The molecule has 1 aromatic carbocycles. The van der Waals surface area contributed by atoms with Crippen molar-refractivity contribution in [2.45, 2.75) is 6.92 Å². The zero-order valence-corrected chi connectivity index (χ0v) is 9.71. The Balaban J connectivity index is 3.21. The molecule has 0 aliphatic rings. The number of carbonyl (C=O) groups excluding carboxylic acids is 1. The molecule has 0 radical (unpaired) electrons. The second kappa shape index (κ2) is 5.14. The summed E-state index contributed by atoms with van der Waals surface area (Å²) in [6.07, 6.45) is 0. The van der Waals surface area contributed by atoms with Crippen LogP contribution in [0.25, 0.3) is 0 Å². The molecular formula is C9H7Cl2NO4. The third-order valence-corrected chi connectivity index (χ3v) is 2.63. The molecule has 0 saturated carbocycles. The van der Waals surface area contributed by atoms with Crippen molar-refractivity contribution in [2.75, 3.05) is 6.61 Å². The van der Waals surface area contributed by atoms with Crippen molar-refractivity contribution in [3.05, 3.63) is 37.9 Å². The largest absolute Gasteiger partial charge is 0.462 e. The van der Waals surface area contributed by atoms with E-state index >= 15 is 0 Å². The second-order valence-electron chi connectivity index (χ2n) is 2.74. The molecule has 0 aromatic heterocycles. The lowest BCUT2D eigenvalue weighted by molar-refractivity contribution is -0.384. The van der Waals surface area contributed by atoms with Crippen LogP contribution in [-0.2, 0) is 4.74 Å². The zero-order chi connectivity index (χ0) is 12.3. The van der Waals surface area contributed by atoms with E-state index in [1.807, 2.05) is 0 Å². The fourth-order valence-electron chi connectivity index (χ4n) is 1.05. The van der Waals surface area contributed by atoms with Gasteiger partial charge in [0.05, 0.1) is 22.1 Å². The molecule has 0 atom stereocenters. The van der Waals surface area contributed by atoms with Crippen molar-refractivity contribution < 1.29 is 14.5 Å². The highest BCUT2D eigenvalue weighted by atomic mass is 35.5. The van der Waals surface area contributed by atoms with E-state index < -0.39 is 10.9 Å². The highest BCUT2D eigenvalue weighted by Gasteiger charge is 2.21. The van der Waals surface area contributed by atoms with E-state index in [9.17, 15) is 14.9 Å². The summed E-state index contributed by atoms with van der Waals surface area (Å²) < 4.78 is 4.71. The Labute approximate surface area is 101 Å². The van der Waals surface area contributed by atoms with Crippen LogP contribution in [0.3, 0.4) is 0 Å². The Hall–Kier alpha value is -1.33. The molecule has 0 aliphatic heterocycles. The number of esters is 1. The van der Waals surface area contributed by atoms with Gasteiger partial charge in [-0.05, 0) is 13.0 Å². The van der Waals surface area contributed by atoms with Gasteiger partial charge in [0.1, 0.15) is 5.02 Å². The van der Waals surface area contributed by atoms with E-state index in [-0.39, 0.29) is 27.9 Å². The molecule has 16 heavy (non-hydrogen) atoms. The molecule has 0 amide bonds. The van der Waals surface area contributed by atoms with Gasteiger partial charge in [-0.3, -0.25) is 10.1 Å². The van der Waals surface area contributed by atoms with E-state index in [1.165, 1.54) is 6.07 Å². The summed E-state index contributed by atoms with van der Waals surface area (Å²) in [5.41, 5.74) is -0.334. The number of nitro groups is 1. The van der Waals surface area contributed by atoms with E-state index in [0.717, 1.165) is 6.07 Å². The lowest BCUT2D eigenvalue weighted by Crippen LogP contribution is -2.06. The maximum atomic E-state index is 11.4. The molecule has 5 nitrogen and oxygen atoms in total. The number of nitro benzene ring substituents is 1. The quantitative estimate of drug-likeness (QED) is 0.478. The Morgan fingerprint density at radius 1 is 1.44 bits per heavy atom. The number of halogens is 2. The summed E-state index contributed by atoms with van der Waals surface area (Å²) in [4.78, 5) is 21.2. The number of rotatable bonds is 3. The maximum Gasteiger partial charge on any atom is 0.339 e. The predicted molar refractivity (Wildman–Crippen MR) is 59.1 cm³/mol. The normalized spacial score (nSPS) is 9.94. The van der Waals surface area contributed by atoms with Crippen molar-refractivity contribution in [2.24, 2.45) is 0 Å². The van der Waals surface area contributed by atoms with Crippen LogP contribution in [0.5, 0.6) is 0 Å². The van der Waals surface area contributed by atoms with Crippen LogP contribution in [0, 0.1) is 10.1 Å². The molecule has 0 spiro atoms. The van der Waals surface area contributed by atoms with Crippen LogP contribution in [0.4, 0.5) is 5.69 Å². The summed E-state index contributed by atoms with van der Waals surface area (Å²) in [6.45, 7) is 1.82. The lowest BCUT2D eigenvalue weighted by Gasteiger charge is -2.05. The highest BCUT2D eigenvalue weighted by molar-refractivity contribution is 6.45. The molecule has 7 heteroatoms. The lowest BCUT2D eigenvalue weighted by atomic mass is 10.2. The van der Waals surface area contributed by atoms with Crippen molar-refractivity contribution in [1.82, 2.24) is 0 Å². The first-order valence-electron chi connectivity index (χ1n) is 4.28. The van der Waals surface area contributed by atoms with Crippen LogP contribution in [0.15, 0.2) is 12.1 Å². The van der Waals surface area contributed by atoms with Crippen LogP contribution in [0.1, 0.15) is 17.3 Å². The van der Waals surface area contributed by atoms with Crippen LogP contribution in [-0.4, -0.2) is 17.5 Å². The maximum absolute atomic E-state index is 11.4. The van der Waals surface area contributed by atoms with Gasteiger partial charge in [-0.15, -0.1) is 0 Å². The van der Waals surface area contributed by atoms with Gasteiger partial charge >= 0.3 is 5.97 Å². The molecular weight excluding hydrogens is 257 g/mol.